The third kappa shape index (κ3) is 4.52. The summed E-state index contributed by atoms with van der Waals surface area (Å²) >= 11 is 0. The molecule has 1 atom stereocenters. The van der Waals surface area contributed by atoms with Crippen LogP contribution in [0.1, 0.15) is 35.6 Å². The van der Waals surface area contributed by atoms with Crippen molar-refractivity contribution in [2.24, 2.45) is 7.05 Å². The Morgan fingerprint density at radius 1 is 1.26 bits per heavy atom. The first-order chi connectivity index (χ1) is 15.9. The SMILES string of the molecule is C=CC(=O)Nc1cn(C)nc1-c1n[nH]c2c1CCC[C@H](c1c(F)c(OC)cc(OC)c1F)C2.S. The Balaban J connectivity index is 0.00000324. The molecule has 34 heavy (non-hydrogen) atoms. The third-order valence-corrected chi connectivity index (χ3v) is 5.89. The Morgan fingerprint density at radius 2 is 1.94 bits per heavy atom. The number of ether oxygens (including phenoxy) is 2. The predicted octanol–water partition coefficient (Wildman–Crippen LogP) is 4.01. The molecule has 0 spiro atoms. The summed E-state index contributed by atoms with van der Waals surface area (Å²) in [6.07, 6.45) is 5.11. The average molecular weight is 492 g/mol. The minimum absolute atomic E-state index is 0. The number of aryl methyl sites for hydroxylation is 1. The van der Waals surface area contributed by atoms with Gasteiger partial charge in [-0.25, -0.2) is 8.78 Å². The van der Waals surface area contributed by atoms with E-state index in [1.54, 1.807) is 17.9 Å². The van der Waals surface area contributed by atoms with Crippen LogP contribution >= 0.6 is 13.5 Å². The molecule has 11 heteroatoms. The summed E-state index contributed by atoms with van der Waals surface area (Å²) < 4.78 is 42.0. The van der Waals surface area contributed by atoms with Gasteiger partial charge in [-0.1, -0.05) is 6.58 Å². The van der Waals surface area contributed by atoms with Crippen molar-refractivity contribution in [3.8, 4) is 22.9 Å². The minimum atomic E-state index is -0.719. The van der Waals surface area contributed by atoms with Crippen LogP contribution in [0.15, 0.2) is 24.9 Å². The molecule has 0 bridgehead atoms. The fourth-order valence-electron chi connectivity index (χ4n) is 4.36. The third-order valence-electron chi connectivity index (χ3n) is 5.89. The highest BCUT2D eigenvalue weighted by atomic mass is 32.1. The molecule has 2 heterocycles. The van der Waals surface area contributed by atoms with Gasteiger partial charge in [-0.2, -0.15) is 23.7 Å². The van der Waals surface area contributed by atoms with Gasteiger partial charge in [0.25, 0.3) is 0 Å². The summed E-state index contributed by atoms with van der Waals surface area (Å²) in [5.41, 5.74) is 3.28. The van der Waals surface area contributed by atoms with Crippen molar-refractivity contribution in [3.05, 3.63) is 53.4 Å². The summed E-state index contributed by atoms with van der Waals surface area (Å²) in [6.45, 7) is 3.47. The molecular formula is C23H27F2N5O3S. The van der Waals surface area contributed by atoms with Crippen molar-refractivity contribution in [3.63, 3.8) is 0 Å². The monoisotopic (exact) mass is 491 g/mol. The smallest absolute Gasteiger partial charge is 0.247 e. The van der Waals surface area contributed by atoms with Crippen LogP contribution in [0.3, 0.4) is 0 Å². The van der Waals surface area contributed by atoms with Crippen molar-refractivity contribution in [2.45, 2.75) is 31.6 Å². The number of rotatable bonds is 6. The van der Waals surface area contributed by atoms with E-state index in [9.17, 15) is 4.79 Å². The van der Waals surface area contributed by atoms with Crippen LogP contribution in [-0.4, -0.2) is 40.1 Å². The highest BCUT2D eigenvalue weighted by molar-refractivity contribution is 7.59. The van der Waals surface area contributed by atoms with Gasteiger partial charge in [0.15, 0.2) is 23.1 Å². The van der Waals surface area contributed by atoms with E-state index < -0.39 is 17.6 Å². The quantitative estimate of drug-likeness (QED) is 0.402. The van der Waals surface area contributed by atoms with Crippen molar-refractivity contribution in [1.29, 1.82) is 0 Å². The highest BCUT2D eigenvalue weighted by Gasteiger charge is 2.31. The number of hydrogen-bond acceptors (Lipinski definition) is 5. The number of nitrogens with zero attached hydrogens (tertiary/aromatic N) is 3. The summed E-state index contributed by atoms with van der Waals surface area (Å²) in [6, 6.07) is 1.21. The fraction of sp³-hybridized carbons (Fsp3) is 0.348. The van der Waals surface area contributed by atoms with E-state index in [1.165, 1.54) is 26.4 Å². The summed E-state index contributed by atoms with van der Waals surface area (Å²) in [4.78, 5) is 11.8. The lowest BCUT2D eigenvalue weighted by atomic mass is 9.90. The Labute approximate surface area is 202 Å². The molecule has 0 fully saturated rings. The largest absolute Gasteiger partial charge is 0.494 e. The summed E-state index contributed by atoms with van der Waals surface area (Å²) in [7, 11) is 4.42. The van der Waals surface area contributed by atoms with E-state index in [0.717, 1.165) is 11.3 Å². The Hall–Kier alpha value is -3.34. The first-order valence-electron chi connectivity index (χ1n) is 10.5. The lowest BCUT2D eigenvalue weighted by Gasteiger charge is -2.19. The molecule has 4 rings (SSSR count). The zero-order chi connectivity index (χ0) is 23.7. The Bertz CT molecular complexity index is 1200. The summed E-state index contributed by atoms with van der Waals surface area (Å²) in [5, 5.41) is 14.7. The zero-order valence-corrected chi connectivity index (χ0v) is 20.2. The number of fused-ring (bicyclic) bond motifs is 1. The summed E-state index contributed by atoms with van der Waals surface area (Å²) in [5.74, 6) is -2.36. The molecule has 0 radical (unpaired) electrons. The van der Waals surface area contributed by atoms with E-state index in [-0.39, 0.29) is 36.5 Å². The Morgan fingerprint density at radius 3 is 2.56 bits per heavy atom. The number of benzene rings is 1. The number of carbonyl (C=O) groups excluding carboxylic acids is 1. The molecule has 182 valence electrons. The molecule has 0 unspecified atom stereocenters. The maximum atomic E-state index is 15.1. The maximum Gasteiger partial charge on any atom is 0.247 e. The second-order valence-electron chi connectivity index (χ2n) is 7.90. The van der Waals surface area contributed by atoms with Gasteiger partial charge >= 0.3 is 0 Å². The predicted molar refractivity (Wildman–Crippen MR) is 129 cm³/mol. The van der Waals surface area contributed by atoms with E-state index in [1.807, 2.05) is 0 Å². The number of amides is 1. The van der Waals surface area contributed by atoms with Crippen LogP contribution in [-0.2, 0) is 24.7 Å². The van der Waals surface area contributed by atoms with Gasteiger partial charge in [0.05, 0.1) is 19.9 Å². The first kappa shape index (κ1) is 25.3. The van der Waals surface area contributed by atoms with Crippen LogP contribution in [0.2, 0.25) is 0 Å². The average Bonchev–Trinajstić information content (AvgIpc) is 3.29. The molecule has 0 saturated heterocycles. The standard InChI is InChI=1S/C23H25F2N5O3.H2S/c1-5-18(31)26-15-11-30(2)29-23(15)22-13-8-6-7-12(9-14(13)27-28-22)19-20(24)16(32-3)10-17(33-4)21(19)25;/h5,10-12H,1,6-9H2,2-4H3,(H,26,31)(H,27,28);1H2/t12-;/m0./s1. The molecule has 3 aromatic rings. The number of halogens is 2. The van der Waals surface area contributed by atoms with Gasteiger partial charge in [-0.05, 0) is 37.7 Å². The zero-order valence-electron chi connectivity index (χ0n) is 19.2. The first-order valence-corrected chi connectivity index (χ1v) is 10.5. The second-order valence-corrected chi connectivity index (χ2v) is 7.90. The van der Waals surface area contributed by atoms with Gasteiger partial charge < -0.3 is 14.8 Å². The maximum absolute atomic E-state index is 15.1. The molecule has 1 aliphatic rings. The van der Waals surface area contributed by atoms with Crippen LogP contribution in [0.25, 0.3) is 11.4 Å². The van der Waals surface area contributed by atoms with Crippen LogP contribution in [0, 0.1) is 11.6 Å². The second kappa shape index (κ2) is 10.3. The molecule has 1 aliphatic carbocycles. The van der Waals surface area contributed by atoms with Crippen molar-refractivity contribution >= 4 is 25.1 Å². The van der Waals surface area contributed by atoms with Crippen LogP contribution in [0.5, 0.6) is 11.5 Å². The topological polar surface area (TPSA) is 94.1 Å². The lowest BCUT2D eigenvalue weighted by Crippen LogP contribution is -2.10. The molecule has 1 amide bonds. The number of hydrogen-bond donors (Lipinski definition) is 2. The van der Waals surface area contributed by atoms with Crippen molar-refractivity contribution in [1.82, 2.24) is 20.0 Å². The van der Waals surface area contributed by atoms with Crippen LogP contribution < -0.4 is 14.8 Å². The number of methoxy groups -OCH3 is 2. The van der Waals surface area contributed by atoms with Crippen molar-refractivity contribution in [2.75, 3.05) is 19.5 Å². The van der Waals surface area contributed by atoms with Crippen LogP contribution in [0.4, 0.5) is 14.5 Å². The highest BCUT2D eigenvalue weighted by Crippen LogP contribution is 2.41. The van der Waals surface area contributed by atoms with Gasteiger partial charge in [0.1, 0.15) is 11.4 Å². The van der Waals surface area contributed by atoms with E-state index in [4.69, 9.17) is 9.47 Å². The number of aromatic nitrogens is 4. The molecule has 2 aromatic heterocycles. The molecular weight excluding hydrogens is 464 g/mol. The van der Waals surface area contributed by atoms with Gasteiger partial charge in [0.2, 0.25) is 5.91 Å². The minimum Gasteiger partial charge on any atom is -0.494 e. The van der Waals surface area contributed by atoms with E-state index >= 15 is 8.78 Å². The normalized spacial score (nSPS) is 15.0. The van der Waals surface area contributed by atoms with Gasteiger partial charge in [0, 0.05) is 36.1 Å². The van der Waals surface area contributed by atoms with Gasteiger partial charge in [-0.15, -0.1) is 0 Å². The van der Waals surface area contributed by atoms with E-state index in [0.29, 0.717) is 42.8 Å². The Kier molecular flexibility index (Phi) is 7.65. The molecule has 1 aromatic carbocycles. The van der Waals surface area contributed by atoms with Crippen molar-refractivity contribution < 1.29 is 23.0 Å². The number of nitrogens with one attached hydrogen (secondary N) is 2. The molecule has 8 nitrogen and oxygen atoms in total. The number of carbonyl (C=O) groups is 1. The van der Waals surface area contributed by atoms with Gasteiger partial charge in [-0.3, -0.25) is 14.6 Å². The molecule has 2 N–H and O–H groups in total. The number of anilines is 1. The number of H-pyrrole nitrogens is 1. The van der Waals surface area contributed by atoms with E-state index in [2.05, 4.69) is 27.2 Å². The molecule has 0 aliphatic heterocycles. The fourth-order valence-corrected chi connectivity index (χ4v) is 4.36. The lowest BCUT2D eigenvalue weighted by molar-refractivity contribution is -0.111. The number of aromatic amines is 1. The molecule has 0 saturated carbocycles.